The summed E-state index contributed by atoms with van der Waals surface area (Å²) in [5.41, 5.74) is -0.289. The molecule has 3 rings (SSSR count). The van der Waals surface area contributed by atoms with Crippen LogP contribution in [-0.4, -0.2) is 26.7 Å². The fraction of sp³-hybridized carbons (Fsp3) is 0.200. The summed E-state index contributed by atoms with van der Waals surface area (Å²) in [7, 11) is 0. The van der Waals surface area contributed by atoms with Crippen molar-refractivity contribution in [2.75, 3.05) is 0 Å². The molecule has 0 aliphatic rings. The monoisotopic (exact) mass is 391 g/mol. The molecule has 0 saturated carbocycles. The number of benzene rings is 2. The number of fused-ring (bicyclic) bond motifs is 1. The number of carboxylic acids is 1. The molecule has 0 aliphatic heterocycles. The zero-order valence-electron chi connectivity index (χ0n) is 15.0. The Bertz CT molecular complexity index is 1120. The lowest BCUT2D eigenvalue weighted by Crippen LogP contribution is -2.16. The summed E-state index contributed by atoms with van der Waals surface area (Å²) in [4.78, 5) is 24.7. The van der Waals surface area contributed by atoms with Crippen molar-refractivity contribution in [2.45, 2.75) is 26.2 Å². The van der Waals surface area contributed by atoms with Crippen LogP contribution in [0.5, 0.6) is 5.75 Å². The molecule has 0 amide bonds. The van der Waals surface area contributed by atoms with E-state index in [0.717, 1.165) is 22.8 Å². The zero-order chi connectivity index (χ0) is 20.7. The number of phenolic OH excluding ortho intramolecular Hbond substituents is 1. The Hall–Kier alpha value is -3.29. The van der Waals surface area contributed by atoms with E-state index >= 15 is 0 Å². The van der Waals surface area contributed by atoms with Gasteiger partial charge in [0.25, 0.3) is 5.91 Å². The number of aromatic hydroxyl groups is 1. The molecule has 0 aliphatic carbocycles. The quantitative estimate of drug-likeness (QED) is 0.694. The van der Waals surface area contributed by atoms with Gasteiger partial charge in [-0.3, -0.25) is 14.2 Å². The van der Waals surface area contributed by atoms with Crippen LogP contribution in [0.1, 0.15) is 40.9 Å². The lowest BCUT2D eigenvalue weighted by atomic mass is 9.93. The Kier molecular flexibility index (Phi) is 4.89. The van der Waals surface area contributed by atoms with Gasteiger partial charge in [-0.2, -0.15) is 0 Å². The maximum atomic E-state index is 14.7. The summed E-state index contributed by atoms with van der Waals surface area (Å²) in [6, 6.07) is 5.50. The molecule has 5 nitrogen and oxygen atoms in total. The number of rotatable bonds is 4. The van der Waals surface area contributed by atoms with E-state index in [1.54, 1.807) is 6.92 Å². The molecular formula is C20H16F3NO4. The molecule has 146 valence electrons. The van der Waals surface area contributed by atoms with Crippen molar-refractivity contribution < 1.29 is 33.0 Å². The maximum Gasteiger partial charge on any atom is 0.311 e. The lowest BCUT2D eigenvalue weighted by molar-refractivity contribution is -0.138. The summed E-state index contributed by atoms with van der Waals surface area (Å²) >= 11 is 0. The van der Waals surface area contributed by atoms with Crippen LogP contribution < -0.4 is 0 Å². The second kappa shape index (κ2) is 7.03. The van der Waals surface area contributed by atoms with Crippen LogP contribution in [0.15, 0.2) is 30.3 Å². The highest BCUT2D eigenvalue weighted by atomic mass is 19.1. The molecule has 8 heteroatoms. The molecule has 0 saturated heterocycles. The normalized spacial score (nSPS) is 12.3. The number of phenols is 1. The highest BCUT2D eigenvalue weighted by Crippen LogP contribution is 2.39. The topological polar surface area (TPSA) is 79.5 Å². The standard InChI is InChI=1S/C20H16F3NO4/c1-3-12(20(27)28)15-9(2)24(19(26)10-5-4-6-11(21)7-10)14-8-13(22)18(25)17(23)16(14)15/h4-8,12,25H,3H2,1-2H3,(H,27,28)/t12-/m0/s1. The summed E-state index contributed by atoms with van der Waals surface area (Å²) in [6.45, 7) is 2.96. The van der Waals surface area contributed by atoms with Gasteiger partial charge in [-0.25, -0.2) is 13.2 Å². The third-order valence-corrected chi connectivity index (χ3v) is 4.74. The van der Waals surface area contributed by atoms with Gasteiger partial charge in [0.1, 0.15) is 5.82 Å². The van der Waals surface area contributed by atoms with Crippen LogP contribution in [-0.2, 0) is 4.79 Å². The number of aliphatic carboxylic acids is 1. The van der Waals surface area contributed by atoms with E-state index in [1.165, 1.54) is 19.1 Å². The van der Waals surface area contributed by atoms with Crippen LogP contribution in [0.3, 0.4) is 0 Å². The van der Waals surface area contributed by atoms with Crippen molar-refractivity contribution in [3.8, 4) is 5.75 Å². The summed E-state index contributed by atoms with van der Waals surface area (Å²) in [5.74, 6) is -7.81. The second-order valence-electron chi connectivity index (χ2n) is 6.36. The van der Waals surface area contributed by atoms with Gasteiger partial charge in [0, 0.05) is 22.7 Å². The first-order chi connectivity index (χ1) is 13.2. The Labute approximate surface area is 157 Å². The number of carbonyl (C=O) groups is 2. The first-order valence-corrected chi connectivity index (χ1v) is 8.43. The fourth-order valence-corrected chi connectivity index (χ4v) is 3.45. The molecule has 0 bridgehead atoms. The number of hydrogen-bond donors (Lipinski definition) is 2. The van der Waals surface area contributed by atoms with Crippen LogP contribution in [0.4, 0.5) is 13.2 Å². The van der Waals surface area contributed by atoms with E-state index in [0.29, 0.717) is 0 Å². The number of carboxylic acid groups (broad SMARTS) is 1. The van der Waals surface area contributed by atoms with Gasteiger partial charge in [0.05, 0.1) is 11.4 Å². The largest absolute Gasteiger partial charge is 0.503 e. The van der Waals surface area contributed by atoms with Crippen LogP contribution in [0, 0.1) is 24.4 Å². The molecule has 0 fully saturated rings. The van der Waals surface area contributed by atoms with E-state index in [4.69, 9.17) is 0 Å². The molecule has 0 spiro atoms. The van der Waals surface area contributed by atoms with Gasteiger partial charge in [-0.1, -0.05) is 13.0 Å². The van der Waals surface area contributed by atoms with Crippen molar-refractivity contribution in [3.05, 3.63) is 64.6 Å². The Morgan fingerprint density at radius 2 is 1.86 bits per heavy atom. The average Bonchev–Trinajstić information content (AvgIpc) is 2.92. The summed E-state index contributed by atoms with van der Waals surface area (Å²) in [5, 5.41) is 18.8. The van der Waals surface area contributed by atoms with Crippen molar-refractivity contribution in [1.82, 2.24) is 4.57 Å². The fourth-order valence-electron chi connectivity index (χ4n) is 3.45. The maximum absolute atomic E-state index is 14.7. The first-order valence-electron chi connectivity index (χ1n) is 8.43. The van der Waals surface area contributed by atoms with E-state index in [-0.39, 0.29) is 34.1 Å². The Balaban J connectivity index is 2.42. The molecule has 2 N–H and O–H groups in total. The molecule has 0 unspecified atom stereocenters. The number of nitrogens with zero attached hydrogens (tertiary/aromatic N) is 1. The third-order valence-electron chi connectivity index (χ3n) is 4.74. The van der Waals surface area contributed by atoms with E-state index < -0.39 is 41.0 Å². The molecule has 2 aromatic carbocycles. The summed E-state index contributed by atoms with van der Waals surface area (Å²) < 4.78 is 43.2. The van der Waals surface area contributed by atoms with Gasteiger partial charge in [-0.15, -0.1) is 0 Å². The zero-order valence-corrected chi connectivity index (χ0v) is 15.0. The number of hydrogen-bond acceptors (Lipinski definition) is 3. The number of halogens is 3. The van der Waals surface area contributed by atoms with Crippen molar-refractivity contribution >= 4 is 22.8 Å². The number of carbonyl (C=O) groups excluding carboxylic acids is 1. The molecular weight excluding hydrogens is 375 g/mol. The Morgan fingerprint density at radius 3 is 2.43 bits per heavy atom. The number of aromatic nitrogens is 1. The predicted molar refractivity (Wildman–Crippen MR) is 95.1 cm³/mol. The van der Waals surface area contributed by atoms with E-state index in [2.05, 4.69) is 0 Å². The smallest absolute Gasteiger partial charge is 0.311 e. The lowest BCUT2D eigenvalue weighted by Gasteiger charge is -2.12. The second-order valence-corrected chi connectivity index (χ2v) is 6.36. The molecule has 0 radical (unpaired) electrons. The van der Waals surface area contributed by atoms with Gasteiger partial charge < -0.3 is 10.2 Å². The van der Waals surface area contributed by atoms with Gasteiger partial charge in [0.15, 0.2) is 17.4 Å². The van der Waals surface area contributed by atoms with Gasteiger partial charge in [0.2, 0.25) is 0 Å². The molecule has 1 atom stereocenters. The highest BCUT2D eigenvalue weighted by Gasteiger charge is 2.32. The van der Waals surface area contributed by atoms with Crippen LogP contribution >= 0.6 is 0 Å². The minimum absolute atomic E-state index is 0.0393. The first kappa shape index (κ1) is 19.5. The molecule has 28 heavy (non-hydrogen) atoms. The van der Waals surface area contributed by atoms with E-state index in [9.17, 15) is 33.0 Å². The predicted octanol–water partition coefficient (Wildman–Crippen LogP) is 4.34. The SMILES string of the molecule is CC[C@H](C(=O)O)c1c(C)n(C(=O)c2cccc(F)c2)c2cc(F)c(O)c(F)c12. The third kappa shape index (κ3) is 2.90. The minimum Gasteiger partial charge on any atom is -0.503 e. The summed E-state index contributed by atoms with van der Waals surface area (Å²) in [6.07, 6.45) is 0.0705. The van der Waals surface area contributed by atoms with Crippen molar-refractivity contribution in [1.29, 1.82) is 0 Å². The average molecular weight is 391 g/mol. The van der Waals surface area contributed by atoms with Crippen molar-refractivity contribution in [3.63, 3.8) is 0 Å². The Morgan fingerprint density at radius 1 is 1.18 bits per heavy atom. The van der Waals surface area contributed by atoms with E-state index in [1.807, 2.05) is 0 Å². The van der Waals surface area contributed by atoms with Crippen LogP contribution in [0.25, 0.3) is 10.9 Å². The molecule has 1 aromatic heterocycles. The van der Waals surface area contributed by atoms with Gasteiger partial charge in [-0.05, 0) is 37.1 Å². The van der Waals surface area contributed by atoms with Gasteiger partial charge >= 0.3 is 5.97 Å². The minimum atomic E-state index is -1.35. The van der Waals surface area contributed by atoms with Crippen LogP contribution in [0.2, 0.25) is 0 Å². The highest BCUT2D eigenvalue weighted by molar-refractivity contribution is 6.05. The van der Waals surface area contributed by atoms with Crippen molar-refractivity contribution in [2.24, 2.45) is 0 Å². The molecule has 1 heterocycles. The molecule has 3 aromatic rings.